The van der Waals surface area contributed by atoms with Crippen LogP contribution in [0.1, 0.15) is 6.85 Å². The zero-order valence-corrected chi connectivity index (χ0v) is 32.4. The van der Waals surface area contributed by atoms with E-state index < -0.39 is 0 Å². The average molecular weight is 778 g/mol. The number of para-hydroxylation sites is 2. The first-order valence-electron chi connectivity index (χ1n) is 21.8. The lowest BCUT2D eigenvalue weighted by molar-refractivity contribution is 1.19. The van der Waals surface area contributed by atoms with Gasteiger partial charge in [0.1, 0.15) is 0 Å². The molecule has 0 amide bonds. The zero-order valence-electron chi connectivity index (χ0n) is 35.8. The van der Waals surface area contributed by atoms with Gasteiger partial charge in [0.15, 0.2) is 0 Å². The van der Waals surface area contributed by atoms with Gasteiger partial charge in [-0.15, -0.1) is 22.7 Å². The smallest absolute Gasteiger partial charge is 0.0629 e. The lowest BCUT2D eigenvalue weighted by Gasteiger charge is -2.10. The molecule has 0 atom stereocenters. The number of benzene rings is 9. The Labute approximate surface area is 348 Å². The van der Waals surface area contributed by atoms with Crippen molar-refractivity contribution in [3.05, 3.63) is 194 Å². The number of fused-ring (bicyclic) bond motifs is 12. The number of hydrogen-bond acceptors (Lipinski definition) is 2. The summed E-state index contributed by atoms with van der Waals surface area (Å²) in [6, 6.07) is 57.3. The molecule has 0 spiro atoms. The summed E-state index contributed by atoms with van der Waals surface area (Å²) in [5, 5.41) is 9.24. The van der Waals surface area contributed by atoms with E-state index in [1.54, 1.807) is 11.3 Å². The second-order valence-corrected chi connectivity index (χ2v) is 17.1. The molecule has 0 radical (unpaired) electrons. The normalized spacial score (nSPS) is 13.3. The molecule has 58 heavy (non-hydrogen) atoms. The Morgan fingerprint density at radius 1 is 0.345 bits per heavy atom. The van der Waals surface area contributed by atoms with Crippen LogP contribution in [0.5, 0.6) is 0 Å². The van der Waals surface area contributed by atoms with Crippen molar-refractivity contribution in [1.29, 1.82) is 0 Å². The van der Waals surface area contributed by atoms with Gasteiger partial charge in [0, 0.05) is 73.3 Å². The number of rotatable bonds is 4. The summed E-state index contributed by atoms with van der Waals surface area (Å²) in [7, 11) is 0. The maximum atomic E-state index is 8.73. The molecule has 2 nitrogen and oxygen atoms in total. The molecule has 0 saturated carbocycles. The Morgan fingerprint density at radius 3 is 1.64 bits per heavy atom. The lowest BCUT2D eigenvalue weighted by Crippen LogP contribution is -1.93. The van der Waals surface area contributed by atoms with E-state index in [4.69, 9.17) is 6.85 Å². The highest BCUT2D eigenvalue weighted by Gasteiger charge is 2.18. The molecule has 4 heteroatoms. The van der Waals surface area contributed by atoms with E-state index in [-0.39, 0.29) is 35.8 Å². The second-order valence-electron chi connectivity index (χ2n) is 14.9. The predicted molar refractivity (Wildman–Crippen MR) is 252 cm³/mol. The molecule has 0 fully saturated rings. The molecular weight excluding hydrogens is 741 g/mol. The Hall–Kier alpha value is -6.98. The van der Waals surface area contributed by atoms with E-state index in [0.29, 0.717) is 5.56 Å². The fourth-order valence-corrected chi connectivity index (χ4v) is 11.5. The van der Waals surface area contributed by atoms with Crippen LogP contribution in [0.3, 0.4) is 0 Å². The van der Waals surface area contributed by atoms with Gasteiger partial charge in [-0.05, 0) is 101 Å². The summed E-state index contributed by atoms with van der Waals surface area (Å²) < 4.78 is 51.7. The second kappa shape index (κ2) is 12.3. The van der Waals surface area contributed by atoms with Crippen LogP contribution in [-0.2, 0) is 0 Å². The van der Waals surface area contributed by atoms with Crippen LogP contribution in [0.4, 0.5) is 0 Å². The highest BCUT2D eigenvalue weighted by atomic mass is 32.1. The van der Waals surface area contributed by atoms with Crippen LogP contribution >= 0.6 is 22.7 Å². The Balaban J connectivity index is 0.946. The standard InChI is InChI=1S/C54H32N2S2/c1-2-11-33(12-3-1)38-16-10-20-52-54(38)42-25-23-37(32-53(42)58-52)56-47-18-8-5-14-40(47)44-30-35(22-27-49(44)56)34-21-26-48-43(29-34)39-13-4-7-17-46(39)55(48)36-24-28-51-45(31-36)41-15-6-9-19-50(41)57-51/h1-32H/i1D,2D,3D,11D,12D. The summed E-state index contributed by atoms with van der Waals surface area (Å²) >= 11 is 3.49. The Bertz CT molecular complexity index is 4090. The first-order valence-corrected chi connectivity index (χ1v) is 21.0. The van der Waals surface area contributed by atoms with E-state index >= 15 is 0 Å². The third-order valence-corrected chi connectivity index (χ3v) is 14.1. The van der Waals surface area contributed by atoms with Crippen LogP contribution in [0.15, 0.2) is 194 Å². The molecule has 4 heterocycles. The molecule has 0 bridgehead atoms. The van der Waals surface area contributed by atoms with E-state index in [9.17, 15) is 0 Å². The molecule has 0 aliphatic rings. The molecule has 0 aliphatic carbocycles. The largest absolute Gasteiger partial charge is 0.309 e. The Kier molecular flexibility index (Phi) is 5.83. The number of thiophene rings is 2. The summed E-state index contributed by atoms with van der Waals surface area (Å²) in [6.45, 7) is 0. The third kappa shape index (κ3) is 4.64. The van der Waals surface area contributed by atoms with Crippen molar-refractivity contribution in [3.8, 4) is 33.6 Å². The molecule has 4 aromatic heterocycles. The van der Waals surface area contributed by atoms with Crippen molar-refractivity contribution in [2.75, 3.05) is 0 Å². The maximum absolute atomic E-state index is 8.73. The maximum Gasteiger partial charge on any atom is 0.0629 e. The molecule has 0 unspecified atom stereocenters. The molecule has 13 rings (SSSR count). The van der Waals surface area contributed by atoms with Gasteiger partial charge in [-0.1, -0.05) is 115 Å². The summed E-state index contributed by atoms with van der Waals surface area (Å²) in [5.41, 5.74) is 9.93. The van der Waals surface area contributed by atoms with Crippen molar-refractivity contribution >= 4 is 107 Å². The zero-order chi connectivity index (χ0) is 42.2. The van der Waals surface area contributed by atoms with Gasteiger partial charge >= 0.3 is 0 Å². The number of nitrogens with zero attached hydrogens (tertiary/aromatic N) is 2. The van der Waals surface area contributed by atoms with Gasteiger partial charge in [-0.25, -0.2) is 0 Å². The minimum Gasteiger partial charge on any atom is -0.309 e. The third-order valence-electron chi connectivity index (χ3n) is 11.8. The fourth-order valence-electron chi connectivity index (χ4n) is 9.26. The SMILES string of the molecule is [2H]c1c([2H])c([2H])c(-c2cccc3sc4cc(-n5c6ccccc6c6cc(-c7ccc8c(c7)c7ccccc7n8-c7ccc8sc9ccccc9c8c7)ccc65)ccc4c23)c([2H])c1[2H]. The quantitative estimate of drug-likeness (QED) is 0.168. The van der Waals surface area contributed by atoms with Gasteiger partial charge in [-0.2, -0.15) is 0 Å². The van der Waals surface area contributed by atoms with Gasteiger partial charge in [0.05, 0.1) is 28.9 Å². The first-order chi connectivity index (χ1) is 30.8. The summed E-state index contributed by atoms with van der Waals surface area (Å²) in [6.07, 6.45) is 0. The molecule has 0 N–H and O–H groups in total. The van der Waals surface area contributed by atoms with Crippen LogP contribution in [0.2, 0.25) is 0 Å². The van der Waals surface area contributed by atoms with Crippen molar-refractivity contribution in [3.63, 3.8) is 0 Å². The van der Waals surface area contributed by atoms with Crippen LogP contribution in [0.25, 0.3) is 118 Å². The number of aromatic nitrogens is 2. The molecule has 9 aromatic carbocycles. The molecule has 270 valence electrons. The van der Waals surface area contributed by atoms with E-state index in [0.717, 1.165) is 53.7 Å². The van der Waals surface area contributed by atoms with Gasteiger partial charge in [-0.3, -0.25) is 0 Å². The van der Waals surface area contributed by atoms with E-state index in [1.807, 2.05) is 29.5 Å². The molecule has 13 aromatic rings. The summed E-state index contributed by atoms with van der Waals surface area (Å²) in [4.78, 5) is 0. The minimum atomic E-state index is -0.388. The highest BCUT2D eigenvalue weighted by Crippen LogP contribution is 2.43. The lowest BCUT2D eigenvalue weighted by atomic mass is 9.99. The van der Waals surface area contributed by atoms with Gasteiger partial charge < -0.3 is 9.13 Å². The van der Waals surface area contributed by atoms with Crippen LogP contribution < -0.4 is 0 Å². The average Bonchev–Trinajstić information content (AvgIpc) is 4.07. The van der Waals surface area contributed by atoms with E-state index in [1.165, 1.54) is 52.8 Å². The minimum absolute atomic E-state index is 0.193. The van der Waals surface area contributed by atoms with Crippen molar-refractivity contribution in [2.45, 2.75) is 0 Å². The van der Waals surface area contributed by atoms with Crippen LogP contribution in [-0.4, -0.2) is 9.13 Å². The van der Waals surface area contributed by atoms with Gasteiger partial charge in [0.25, 0.3) is 0 Å². The van der Waals surface area contributed by atoms with Crippen molar-refractivity contribution in [1.82, 2.24) is 9.13 Å². The van der Waals surface area contributed by atoms with E-state index in [2.05, 4.69) is 155 Å². The Morgan fingerprint density at radius 2 is 0.914 bits per heavy atom. The highest BCUT2D eigenvalue weighted by molar-refractivity contribution is 7.26. The monoisotopic (exact) mass is 777 g/mol. The first kappa shape index (κ1) is 27.6. The van der Waals surface area contributed by atoms with Crippen molar-refractivity contribution < 1.29 is 6.85 Å². The topological polar surface area (TPSA) is 9.86 Å². The van der Waals surface area contributed by atoms with Crippen LogP contribution in [0, 0.1) is 0 Å². The van der Waals surface area contributed by atoms with Gasteiger partial charge in [0.2, 0.25) is 0 Å². The molecule has 0 saturated heterocycles. The molecule has 0 aliphatic heterocycles. The molecular formula is C54H32N2S2. The fraction of sp³-hybridized carbons (Fsp3) is 0. The number of hydrogen-bond donors (Lipinski definition) is 0. The van der Waals surface area contributed by atoms with Crippen molar-refractivity contribution in [2.24, 2.45) is 0 Å². The summed E-state index contributed by atoms with van der Waals surface area (Å²) in [5.74, 6) is 0. The predicted octanol–water partition coefficient (Wildman–Crippen LogP) is 16.0.